The first-order valence-corrected chi connectivity index (χ1v) is 8.25. The zero-order valence-electron chi connectivity index (χ0n) is 11.0. The number of aryl methyl sites for hydroxylation is 3. The van der Waals surface area contributed by atoms with Crippen molar-refractivity contribution >= 4 is 19.7 Å². The van der Waals surface area contributed by atoms with Crippen LogP contribution >= 0.6 is 10.7 Å². The van der Waals surface area contributed by atoms with Gasteiger partial charge in [-0.05, 0) is 31.9 Å². The van der Waals surface area contributed by atoms with Crippen molar-refractivity contribution in [1.29, 1.82) is 0 Å². The molecule has 6 heteroatoms. The van der Waals surface area contributed by atoms with E-state index in [1.807, 2.05) is 39.0 Å². The maximum Gasteiger partial charge on any atom is 0.278 e. The predicted octanol–water partition coefficient (Wildman–Crippen LogP) is 2.98. The van der Waals surface area contributed by atoms with Gasteiger partial charge in [0.15, 0.2) is 5.03 Å². The fraction of sp³-hybridized carbons (Fsp3) is 0.308. The number of aromatic nitrogens is 2. The van der Waals surface area contributed by atoms with Gasteiger partial charge in [0, 0.05) is 16.7 Å². The van der Waals surface area contributed by atoms with Crippen LogP contribution in [0.25, 0.3) is 5.69 Å². The van der Waals surface area contributed by atoms with E-state index in [-0.39, 0.29) is 5.03 Å². The maximum atomic E-state index is 11.6. The van der Waals surface area contributed by atoms with Crippen molar-refractivity contribution in [1.82, 2.24) is 9.78 Å². The quantitative estimate of drug-likeness (QED) is 0.819. The van der Waals surface area contributed by atoms with Gasteiger partial charge in [-0.15, -0.1) is 0 Å². The molecule has 0 saturated heterocycles. The van der Waals surface area contributed by atoms with Crippen LogP contribution in [0, 0.1) is 13.8 Å². The summed E-state index contributed by atoms with van der Waals surface area (Å²) in [6, 6.07) is 7.26. The van der Waals surface area contributed by atoms with Crippen LogP contribution in [0.1, 0.15) is 23.7 Å². The average molecular weight is 299 g/mol. The van der Waals surface area contributed by atoms with Crippen molar-refractivity contribution in [3.05, 3.63) is 41.1 Å². The molecule has 1 aromatic heterocycles. The minimum Gasteiger partial charge on any atom is -0.220 e. The Bertz CT molecular complexity index is 720. The van der Waals surface area contributed by atoms with Crippen molar-refractivity contribution < 1.29 is 8.42 Å². The first-order chi connectivity index (χ1) is 8.82. The SMILES string of the molecule is CCc1cc(S(=O)(=O)Cl)n(-c2ccc(C)cc2C)n1. The van der Waals surface area contributed by atoms with Crippen LogP contribution in [-0.4, -0.2) is 18.2 Å². The van der Waals surface area contributed by atoms with Crippen LogP contribution < -0.4 is 0 Å². The van der Waals surface area contributed by atoms with E-state index in [1.165, 1.54) is 10.7 Å². The van der Waals surface area contributed by atoms with E-state index in [2.05, 4.69) is 5.10 Å². The zero-order chi connectivity index (χ0) is 14.2. The number of nitrogens with zero attached hydrogens (tertiary/aromatic N) is 2. The maximum absolute atomic E-state index is 11.6. The highest BCUT2D eigenvalue weighted by molar-refractivity contribution is 8.13. The molecule has 0 atom stereocenters. The molecule has 1 aromatic carbocycles. The number of halogens is 1. The van der Waals surface area contributed by atoms with Crippen molar-refractivity contribution in [3.8, 4) is 5.69 Å². The lowest BCUT2D eigenvalue weighted by Crippen LogP contribution is -2.06. The molecular formula is C13H15ClN2O2S. The van der Waals surface area contributed by atoms with E-state index >= 15 is 0 Å². The normalized spacial score (nSPS) is 11.8. The van der Waals surface area contributed by atoms with Crippen LogP contribution in [0.4, 0.5) is 0 Å². The Morgan fingerprint density at radius 1 is 1.26 bits per heavy atom. The van der Waals surface area contributed by atoms with Crippen molar-refractivity contribution in [2.75, 3.05) is 0 Å². The summed E-state index contributed by atoms with van der Waals surface area (Å²) < 4.78 is 24.7. The first kappa shape index (κ1) is 14.1. The van der Waals surface area contributed by atoms with E-state index < -0.39 is 9.05 Å². The summed E-state index contributed by atoms with van der Waals surface area (Å²) in [4.78, 5) is 0. The van der Waals surface area contributed by atoms with Crippen molar-refractivity contribution in [3.63, 3.8) is 0 Å². The smallest absolute Gasteiger partial charge is 0.220 e. The monoisotopic (exact) mass is 298 g/mol. The summed E-state index contributed by atoms with van der Waals surface area (Å²) in [6.45, 7) is 5.82. The summed E-state index contributed by atoms with van der Waals surface area (Å²) in [5.74, 6) is 0. The number of hydrogen-bond donors (Lipinski definition) is 0. The Hall–Kier alpha value is -1.33. The van der Waals surface area contributed by atoms with Crippen LogP contribution in [0.15, 0.2) is 29.3 Å². The molecule has 102 valence electrons. The lowest BCUT2D eigenvalue weighted by Gasteiger charge is -2.09. The molecule has 19 heavy (non-hydrogen) atoms. The molecule has 0 radical (unpaired) electrons. The fourth-order valence-electron chi connectivity index (χ4n) is 1.97. The summed E-state index contributed by atoms with van der Waals surface area (Å²) >= 11 is 0. The number of benzene rings is 1. The van der Waals surface area contributed by atoms with E-state index in [1.54, 1.807) is 0 Å². The molecule has 2 rings (SSSR count). The van der Waals surface area contributed by atoms with E-state index in [0.717, 1.165) is 16.8 Å². The highest BCUT2D eigenvalue weighted by Crippen LogP contribution is 2.23. The molecule has 0 saturated carbocycles. The number of rotatable bonds is 3. The largest absolute Gasteiger partial charge is 0.278 e. The second kappa shape index (κ2) is 4.98. The molecule has 0 aliphatic rings. The highest BCUT2D eigenvalue weighted by atomic mass is 35.7. The van der Waals surface area contributed by atoms with E-state index in [4.69, 9.17) is 10.7 Å². The van der Waals surface area contributed by atoms with Crippen LogP contribution in [-0.2, 0) is 15.5 Å². The van der Waals surface area contributed by atoms with E-state index in [9.17, 15) is 8.42 Å². The Kier molecular flexibility index (Phi) is 3.69. The molecular weight excluding hydrogens is 284 g/mol. The molecule has 0 aliphatic carbocycles. The minimum absolute atomic E-state index is 0.0120. The molecule has 1 heterocycles. The lowest BCUT2D eigenvalue weighted by molar-refractivity contribution is 0.599. The van der Waals surface area contributed by atoms with Gasteiger partial charge in [-0.25, -0.2) is 13.1 Å². The zero-order valence-corrected chi connectivity index (χ0v) is 12.6. The Labute approximate surface area is 117 Å². The fourth-order valence-corrected chi connectivity index (χ4v) is 2.92. The summed E-state index contributed by atoms with van der Waals surface area (Å²) in [7, 11) is 1.65. The van der Waals surface area contributed by atoms with Gasteiger partial charge in [0.2, 0.25) is 0 Å². The van der Waals surface area contributed by atoms with Gasteiger partial charge in [0.25, 0.3) is 9.05 Å². The molecule has 0 spiro atoms. The van der Waals surface area contributed by atoms with Crippen LogP contribution in [0.2, 0.25) is 0 Å². The highest BCUT2D eigenvalue weighted by Gasteiger charge is 2.20. The Morgan fingerprint density at radius 3 is 2.47 bits per heavy atom. The van der Waals surface area contributed by atoms with Gasteiger partial charge in [-0.2, -0.15) is 5.10 Å². The lowest BCUT2D eigenvalue weighted by atomic mass is 10.1. The summed E-state index contributed by atoms with van der Waals surface area (Å²) in [5, 5.41) is 4.32. The summed E-state index contributed by atoms with van der Waals surface area (Å²) in [6.07, 6.45) is 0.650. The third-order valence-electron chi connectivity index (χ3n) is 2.92. The minimum atomic E-state index is -3.83. The van der Waals surface area contributed by atoms with Gasteiger partial charge < -0.3 is 0 Å². The predicted molar refractivity (Wildman–Crippen MR) is 75.5 cm³/mol. The second-order valence-corrected chi connectivity index (χ2v) is 6.98. The molecule has 4 nitrogen and oxygen atoms in total. The van der Waals surface area contributed by atoms with Gasteiger partial charge in [-0.3, -0.25) is 0 Å². The molecule has 2 aromatic rings. The Balaban J connectivity index is 2.71. The molecule has 0 bridgehead atoms. The van der Waals surface area contributed by atoms with Crippen LogP contribution in [0.3, 0.4) is 0 Å². The third-order valence-corrected chi connectivity index (χ3v) is 4.18. The van der Waals surface area contributed by atoms with Gasteiger partial charge >= 0.3 is 0 Å². The molecule has 0 unspecified atom stereocenters. The second-order valence-electron chi connectivity index (χ2n) is 4.47. The van der Waals surface area contributed by atoms with E-state index in [0.29, 0.717) is 12.1 Å². The molecule has 0 aliphatic heterocycles. The van der Waals surface area contributed by atoms with Gasteiger partial charge in [-0.1, -0.05) is 24.6 Å². The Morgan fingerprint density at radius 2 is 1.95 bits per heavy atom. The third kappa shape index (κ3) is 2.82. The van der Waals surface area contributed by atoms with Crippen molar-refractivity contribution in [2.45, 2.75) is 32.2 Å². The average Bonchev–Trinajstić information content (AvgIpc) is 2.72. The first-order valence-electron chi connectivity index (χ1n) is 5.94. The molecule has 0 amide bonds. The molecule has 0 fully saturated rings. The topological polar surface area (TPSA) is 52.0 Å². The standard InChI is InChI=1S/C13H15ClN2O2S/c1-4-11-8-13(19(14,17)18)16(15-11)12-6-5-9(2)7-10(12)3/h5-8H,4H2,1-3H3. The molecule has 0 N–H and O–H groups in total. The summed E-state index contributed by atoms with van der Waals surface area (Å²) in [5.41, 5.74) is 3.48. The van der Waals surface area contributed by atoms with Crippen molar-refractivity contribution in [2.24, 2.45) is 0 Å². The number of hydrogen-bond acceptors (Lipinski definition) is 3. The van der Waals surface area contributed by atoms with Crippen LogP contribution in [0.5, 0.6) is 0 Å². The van der Waals surface area contributed by atoms with Gasteiger partial charge in [0.1, 0.15) is 0 Å². The van der Waals surface area contributed by atoms with Gasteiger partial charge in [0.05, 0.1) is 11.4 Å².